The summed E-state index contributed by atoms with van der Waals surface area (Å²) in [4.78, 5) is 17.6. The first-order valence-corrected chi connectivity index (χ1v) is 11.7. The summed E-state index contributed by atoms with van der Waals surface area (Å²) in [6.07, 6.45) is 11.8. The quantitative estimate of drug-likeness (QED) is 0.156. The van der Waals surface area contributed by atoms with Crippen molar-refractivity contribution in [1.82, 2.24) is 19.9 Å². The Morgan fingerprint density at radius 3 is 1.71 bits per heavy atom. The van der Waals surface area contributed by atoms with Crippen LogP contribution in [0.25, 0.3) is 43.6 Å². The van der Waals surface area contributed by atoms with Crippen LogP contribution >= 0.6 is 15.9 Å². The molecular weight excluding hydrogens is 496 g/mol. The maximum Gasteiger partial charge on any atom is 0.0965 e. The molecule has 6 aromatic rings. The van der Waals surface area contributed by atoms with Gasteiger partial charge in [-0.3, -0.25) is 19.9 Å². The van der Waals surface area contributed by atoms with Gasteiger partial charge in [-0.25, -0.2) is 0 Å². The summed E-state index contributed by atoms with van der Waals surface area (Å²) in [5.74, 6) is 8.15. The Hall–Kier alpha value is -4.32. The van der Waals surface area contributed by atoms with Crippen molar-refractivity contribution in [2.24, 2.45) is 0 Å². The number of terminal acetylenes is 1. The number of halogens is 1. The Morgan fingerprint density at radius 2 is 1.14 bits per heavy atom. The standard InChI is InChI=1S/C15H10N2.C12H7BrN2.C3H4/c1-2-4-11-9-13-7-6-12-5-3-8-16-14(12)15(13)17-10-11;13-10-6-9-4-3-8-2-1-5-14-11(8)12(9)15-7-10;1-3-2/h3,5-10H,1H3;1-7H;1H,2H3. The number of benzene rings is 2. The van der Waals surface area contributed by atoms with E-state index in [9.17, 15) is 0 Å². The highest BCUT2D eigenvalue weighted by Crippen LogP contribution is 2.24. The third-order valence-electron chi connectivity index (χ3n) is 5.08. The Bertz CT molecular complexity index is 1760. The van der Waals surface area contributed by atoms with Crippen LogP contribution in [0.3, 0.4) is 0 Å². The van der Waals surface area contributed by atoms with Crippen molar-refractivity contribution < 1.29 is 0 Å². The van der Waals surface area contributed by atoms with E-state index in [1.165, 1.54) is 0 Å². The number of rotatable bonds is 0. The maximum atomic E-state index is 4.60. The topological polar surface area (TPSA) is 51.6 Å². The first kappa shape index (κ1) is 23.8. The molecule has 0 fully saturated rings. The lowest BCUT2D eigenvalue weighted by molar-refractivity contribution is 1.36. The zero-order valence-electron chi connectivity index (χ0n) is 19.3. The lowest BCUT2D eigenvalue weighted by Crippen LogP contribution is -1.86. The van der Waals surface area contributed by atoms with E-state index in [0.717, 1.165) is 53.6 Å². The van der Waals surface area contributed by atoms with E-state index in [1.54, 1.807) is 31.7 Å². The molecule has 0 atom stereocenters. The molecule has 0 N–H and O–H groups in total. The normalized spacial score (nSPS) is 9.89. The molecule has 4 nitrogen and oxygen atoms in total. The second-order valence-electron chi connectivity index (χ2n) is 7.47. The molecule has 0 saturated carbocycles. The van der Waals surface area contributed by atoms with Crippen LogP contribution in [0.4, 0.5) is 0 Å². The van der Waals surface area contributed by atoms with E-state index < -0.39 is 0 Å². The Kier molecular flexibility index (Phi) is 7.63. The third-order valence-corrected chi connectivity index (χ3v) is 5.52. The summed E-state index contributed by atoms with van der Waals surface area (Å²) in [6, 6.07) is 20.3. The van der Waals surface area contributed by atoms with Crippen molar-refractivity contribution >= 4 is 59.5 Å². The van der Waals surface area contributed by atoms with Gasteiger partial charge in [-0.2, -0.15) is 0 Å². The van der Waals surface area contributed by atoms with Gasteiger partial charge in [0.25, 0.3) is 0 Å². The first-order valence-electron chi connectivity index (χ1n) is 10.9. The summed E-state index contributed by atoms with van der Waals surface area (Å²) < 4.78 is 0.991. The zero-order valence-corrected chi connectivity index (χ0v) is 20.9. The van der Waals surface area contributed by atoms with Gasteiger partial charge in [-0.15, -0.1) is 18.3 Å². The fourth-order valence-electron chi connectivity index (χ4n) is 3.66. The minimum Gasteiger partial charge on any atom is -0.254 e. The SMILES string of the molecule is Brc1cnc2c(ccc3cccnc32)c1.C#CC.CC#Cc1cnc2c(ccc3cccnc32)c1. The Morgan fingerprint density at radius 1 is 0.657 bits per heavy atom. The van der Waals surface area contributed by atoms with E-state index in [-0.39, 0.29) is 0 Å². The van der Waals surface area contributed by atoms with Crippen molar-refractivity contribution in [2.45, 2.75) is 13.8 Å². The predicted octanol–water partition coefficient (Wildman–Crippen LogP) is 7.34. The van der Waals surface area contributed by atoms with Gasteiger partial charge >= 0.3 is 0 Å². The monoisotopic (exact) mass is 516 g/mol. The van der Waals surface area contributed by atoms with Gasteiger partial charge in [0.15, 0.2) is 0 Å². The van der Waals surface area contributed by atoms with E-state index in [4.69, 9.17) is 0 Å². The van der Waals surface area contributed by atoms with Crippen molar-refractivity contribution in [3.8, 4) is 24.2 Å². The lowest BCUT2D eigenvalue weighted by Gasteiger charge is -2.02. The van der Waals surface area contributed by atoms with Crippen LogP contribution in [0.5, 0.6) is 0 Å². The van der Waals surface area contributed by atoms with Crippen LogP contribution in [0.1, 0.15) is 19.4 Å². The molecule has 0 radical (unpaired) electrons. The molecule has 0 unspecified atom stereocenters. The van der Waals surface area contributed by atoms with E-state index in [2.05, 4.69) is 90.4 Å². The van der Waals surface area contributed by atoms with Crippen molar-refractivity contribution in [2.75, 3.05) is 0 Å². The highest BCUT2D eigenvalue weighted by atomic mass is 79.9. The molecule has 4 heterocycles. The molecular formula is C30H21BrN4. The molecule has 0 amide bonds. The molecule has 5 heteroatoms. The zero-order chi connectivity index (χ0) is 24.6. The molecule has 168 valence electrons. The molecule has 0 aliphatic rings. The third kappa shape index (κ3) is 5.44. The van der Waals surface area contributed by atoms with E-state index in [1.807, 2.05) is 37.3 Å². The van der Waals surface area contributed by atoms with Crippen LogP contribution in [0.2, 0.25) is 0 Å². The second kappa shape index (κ2) is 11.2. The van der Waals surface area contributed by atoms with Gasteiger partial charge in [0.2, 0.25) is 0 Å². The van der Waals surface area contributed by atoms with E-state index in [0.29, 0.717) is 0 Å². The van der Waals surface area contributed by atoms with Gasteiger partial charge in [-0.05, 0) is 54.0 Å². The molecule has 2 aromatic carbocycles. The largest absolute Gasteiger partial charge is 0.254 e. The van der Waals surface area contributed by atoms with Gasteiger partial charge in [-0.1, -0.05) is 42.3 Å². The van der Waals surface area contributed by atoms with Crippen molar-refractivity contribution in [3.05, 3.63) is 95.5 Å². The number of aromatic nitrogens is 4. The first-order chi connectivity index (χ1) is 17.1. The summed E-state index contributed by atoms with van der Waals surface area (Å²) in [7, 11) is 0. The number of pyridine rings is 4. The summed E-state index contributed by atoms with van der Waals surface area (Å²) >= 11 is 3.41. The number of hydrogen-bond donors (Lipinski definition) is 0. The summed E-state index contributed by atoms with van der Waals surface area (Å²) in [6.45, 7) is 3.48. The molecule has 35 heavy (non-hydrogen) atoms. The van der Waals surface area contributed by atoms with Gasteiger partial charge in [0, 0.05) is 56.4 Å². The Balaban J connectivity index is 0.000000150. The van der Waals surface area contributed by atoms with E-state index >= 15 is 0 Å². The average Bonchev–Trinajstić information content (AvgIpc) is 2.89. The average molecular weight is 517 g/mol. The summed E-state index contributed by atoms with van der Waals surface area (Å²) in [5.41, 5.74) is 4.74. The van der Waals surface area contributed by atoms with Crippen molar-refractivity contribution in [1.29, 1.82) is 0 Å². The second-order valence-corrected chi connectivity index (χ2v) is 8.38. The number of nitrogens with zero attached hydrogens (tertiary/aromatic N) is 4. The van der Waals surface area contributed by atoms with Crippen LogP contribution in [0, 0.1) is 24.2 Å². The van der Waals surface area contributed by atoms with Gasteiger partial charge in [0.1, 0.15) is 0 Å². The van der Waals surface area contributed by atoms with Crippen LogP contribution in [-0.4, -0.2) is 19.9 Å². The molecule has 0 bridgehead atoms. The highest BCUT2D eigenvalue weighted by Gasteiger charge is 2.03. The molecule has 4 aromatic heterocycles. The van der Waals surface area contributed by atoms with Crippen LogP contribution in [-0.2, 0) is 0 Å². The number of hydrogen-bond acceptors (Lipinski definition) is 4. The van der Waals surface area contributed by atoms with Crippen LogP contribution < -0.4 is 0 Å². The molecule has 0 aliphatic carbocycles. The fraction of sp³-hybridized carbons (Fsp3) is 0.0667. The molecule has 0 saturated heterocycles. The summed E-state index contributed by atoms with van der Waals surface area (Å²) in [5, 5.41) is 4.42. The van der Waals surface area contributed by atoms with Crippen molar-refractivity contribution in [3.63, 3.8) is 0 Å². The predicted molar refractivity (Wildman–Crippen MR) is 149 cm³/mol. The molecule has 6 rings (SSSR count). The van der Waals surface area contributed by atoms with Gasteiger partial charge < -0.3 is 0 Å². The molecule has 0 aliphatic heterocycles. The van der Waals surface area contributed by atoms with Crippen LogP contribution in [0.15, 0.2) is 89.9 Å². The lowest BCUT2D eigenvalue weighted by atomic mass is 10.1. The fourth-order valence-corrected chi connectivity index (χ4v) is 4.01. The maximum absolute atomic E-state index is 4.60. The minimum absolute atomic E-state index is 0.935. The number of fused-ring (bicyclic) bond motifs is 6. The smallest absolute Gasteiger partial charge is 0.0965 e. The highest BCUT2D eigenvalue weighted by molar-refractivity contribution is 9.10. The minimum atomic E-state index is 0.935. The molecule has 0 spiro atoms. The Labute approximate surface area is 212 Å². The van der Waals surface area contributed by atoms with Gasteiger partial charge in [0.05, 0.1) is 22.1 Å².